The SMILES string of the molecule is CCC(CC)C(=O)Nc1ncnn2c([C@]3(C#N)O[C@@H](COC(=O)CC4CCCCC4)C[C@H]3O[Si](C)(C)C)ccc12. The molecule has 0 radical (unpaired) electrons. The Kier molecular flexibility index (Phi) is 9.64. The van der Waals surface area contributed by atoms with Crippen molar-refractivity contribution in [2.45, 2.75) is 109 Å². The molecule has 2 fully saturated rings. The fourth-order valence-electron chi connectivity index (χ4n) is 5.89. The molecule has 0 bridgehead atoms. The van der Waals surface area contributed by atoms with Crippen LogP contribution in [0.5, 0.6) is 0 Å². The molecule has 2 aromatic rings. The van der Waals surface area contributed by atoms with Crippen LogP contribution in [0, 0.1) is 23.2 Å². The van der Waals surface area contributed by atoms with Gasteiger partial charge in [-0.25, -0.2) is 9.50 Å². The van der Waals surface area contributed by atoms with Crippen LogP contribution < -0.4 is 5.32 Å². The Labute approximate surface area is 237 Å². The number of anilines is 1. The minimum Gasteiger partial charge on any atom is -0.463 e. The third kappa shape index (κ3) is 6.73. The van der Waals surface area contributed by atoms with E-state index in [1.807, 2.05) is 13.8 Å². The molecule has 11 heteroatoms. The van der Waals surface area contributed by atoms with Crippen LogP contribution in [-0.4, -0.2) is 53.6 Å². The second-order valence-corrected chi connectivity index (χ2v) is 16.5. The number of nitrogens with one attached hydrogen (secondary N) is 1. The van der Waals surface area contributed by atoms with Crippen molar-refractivity contribution in [3.8, 4) is 6.07 Å². The molecule has 40 heavy (non-hydrogen) atoms. The second kappa shape index (κ2) is 12.8. The molecule has 218 valence electrons. The maximum atomic E-state index is 12.8. The lowest BCUT2D eigenvalue weighted by Crippen LogP contribution is -2.44. The molecule has 3 atom stereocenters. The standard InChI is InChI=1S/C29H43N5O5Si/c1-6-21(7-2)28(36)33-27-23-13-14-24(34(23)32-19-31-27)29(18-30)25(39-40(3,4)5)16-22(38-29)17-37-26(35)15-20-11-9-8-10-12-20/h13-14,19-22,25H,6-12,15-17H2,1-5H3,(H,31,32,33,36)/t22-,25-,29+/m1/s1. The van der Waals surface area contributed by atoms with E-state index in [0.29, 0.717) is 35.8 Å². The van der Waals surface area contributed by atoms with E-state index in [0.717, 1.165) is 25.7 Å². The van der Waals surface area contributed by atoms with E-state index in [-0.39, 0.29) is 24.4 Å². The third-order valence-electron chi connectivity index (χ3n) is 7.99. The summed E-state index contributed by atoms with van der Waals surface area (Å²) in [7, 11) is -2.10. The summed E-state index contributed by atoms with van der Waals surface area (Å²) in [5.41, 5.74) is -0.424. The van der Waals surface area contributed by atoms with E-state index in [4.69, 9.17) is 13.9 Å². The van der Waals surface area contributed by atoms with Gasteiger partial charge in [0, 0.05) is 18.8 Å². The van der Waals surface area contributed by atoms with Crippen LogP contribution in [-0.2, 0) is 29.1 Å². The van der Waals surface area contributed by atoms with E-state index in [2.05, 4.69) is 41.1 Å². The first kappa shape index (κ1) is 30.2. The minimum atomic E-state index is -2.10. The topological polar surface area (TPSA) is 128 Å². The lowest BCUT2D eigenvalue weighted by Gasteiger charge is -2.32. The Bertz CT molecular complexity index is 1230. The number of aromatic nitrogens is 3. The predicted molar refractivity (Wildman–Crippen MR) is 153 cm³/mol. The van der Waals surface area contributed by atoms with Crippen LogP contribution >= 0.6 is 0 Å². The lowest BCUT2D eigenvalue weighted by atomic mass is 9.87. The zero-order chi connectivity index (χ0) is 28.9. The number of nitriles is 1. The number of ether oxygens (including phenoxy) is 2. The van der Waals surface area contributed by atoms with Gasteiger partial charge < -0.3 is 19.2 Å². The van der Waals surface area contributed by atoms with Gasteiger partial charge in [-0.15, -0.1) is 0 Å². The molecule has 4 rings (SSSR count). The predicted octanol–water partition coefficient (Wildman–Crippen LogP) is 5.35. The van der Waals surface area contributed by atoms with Gasteiger partial charge in [0.25, 0.3) is 0 Å². The molecule has 1 saturated heterocycles. The van der Waals surface area contributed by atoms with E-state index in [1.165, 1.54) is 25.6 Å². The van der Waals surface area contributed by atoms with E-state index in [1.54, 1.807) is 16.6 Å². The Morgan fingerprint density at radius 3 is 2.60 bits per heavy atom. The first-order valence-corrected chi connectivity index (χ1v) is 18.1. The van der Waals surface area contributed by atoms with E-state index >= 15 is 0 Å². The molecule has 10 nitrogen and oxygen atoms in total. The summed E-state index contributed by atoms with van der Waals surface area (Å²) in [5, 5.41) is 18.0. The maximum absolute atomic E-state index is 12.8. The van der Waals surface area contributed by atoms with Gasteiger partial charge in [-0.05, 0) is 63.4 Å². The summed E-state index contributed by atoms with van der Waals surface area (Å²) in [6.45, 7) is 10.2. The van der Waals surface area contributed by atoms with Crippen LogP contribution in [0.25, 0.3) is 5.52 Å². The monoisotopic (exact) mass is 569 g/mol. The molecule has 0 spiro atoms. The van der Waals surface area contributed by atoms with Crippen LogP contribution in [0.15, 0.2) is 18.5 Å². The normalized spacial score (nSPS) is 23.8. The second-order valence-electron chi connectivity index (χ2n) is 12.1. The largest absolute Gasteiger partial charge is 0.463 e. The molecule has 1 amide bonds. The molecule has 2 aliphatic rings. The van der Waals surface area contributed by atoms with Gasteiger partial charge >= 0.3 is 5.97 Å². The maximum Gasteiger partial charge on any atom is 0.306 e. The lowest BCUT2D eigenvalue weighted by molar-refractivity contribution is -0.150. The molecule has 2 aromatic heterocycles. The highest BCUT2D eigenvalue weighted by Gasteiger charge is 2.54. The molecule has 0 unspecified atom stereocenters. The van der Waals surface area contributed by atoms with Gasteiger partial charge in [-0.3, -0.25) is 9.59 Å². The molecule has 0 aromatic carbocycles. The number of nitrogens with zero attached hydrogens (tertiary/aromatic N) is 4. The Morgan fingerprint density at radius 2 is 1.95 bits per heavy atom. The number of hydrogen-bond donors (Lipinski definition) is 1. The first-order chi connectivity index (χ1) is 19.1. The summed E-state index contributed by atoms with van der Waals surface area (Å²) in [6.07, 6.45) is 8.28. The molecular weight excluding hydrogens is 526 g/mol. The van der Waals surface area contributed by atoms with Gasteiger partial charge in [-0.2, -0.15) is 10.4 Å². The number of hydrogen-bond acceptors (Lipinski definition) is 8. The van der Waals surface area contributed by atoms with Gasteiger partial charge in [0.05, 0.1) is 17.9 Å². The first-order valence-electron chi connectivity index (χ1n) is 14.7. The van der Waals surface area contributed by atoms with Crippen LogP contribution in [0.2, 0.25) is 19.6 Å². The number of rotatable bonds is 11. The van der Waals surface area contributed by atoms with Crippen molar-refractivity contribution in [3.05, 3.63) is 24.2 Å². The quantitative estimate of drug-likeness (QED) is 0.283. The Hall–Kier alpha value is -2.81. The van der Waals surface area contributed by atoms with Crippen LogP contribution in [0.3, 0.4) is 0 Å². The number of carbonyl (C=O) groups is 2. The zero-order valence-electron chi connectivity index (χ0n) is 24.4. The van der Waals surface area contributed by atoms with E-state index < -0.39 is 26.1 Å². The summed E-state index contributed by atoms with van der Waals surface area (Å²) in [5.74, 6) is 0.324. The van der Waals surface area contributed by atoms with Crippen molar-refractivity contribution in [2.24, 2.45) is 11.8 Å². The number of carbonyl (C=O) groups excluding carboxylic acids is 2. The fraction of sp³-hybridized carbons (Fsp3) is 0.690. The van der Waals surface area contributed by atoms with Crippen molar-refractivity contribution in [2.75, 3.05) is 11.9 Å². The smallest absolute Gasteiger partial charge is 0.306 e. The van der Waals surface area contributed by atoms with Crippen molar-refractivity contribution in [1.82, 2.24) is 14.6 Å². The third-order valence-corrected chi connectivity index (χ3v) is 8.98. The van der Waals surface area contributed by atoms with Crippen molar-refractivity contribution in [1.29, 1.82) is 5.26 Å². The van der Waals surface area contributed by atoms with Gasteiger partial charge in [0.1, 0.15) is 24.5 Å². The number of amides is 1. The molecular formula is C29H43N5O5Si. The number of fused-ring (bicyclic) bond motifs is 1. The Balaban J connectivity index is 1.58. The fourth-order valence-corrected chi connectivity index (χ4v) is 7.01. The number of esters is 1. The van der Waals surface area contributed by atoms with Gasteiger partial charge in [0.15, 0.2) is 14.1 Å². The average Bonchev–Trinajstić information content (AvgIpc) is 3.50. The van der Waals surface area contributed by atoms with Crippen molar-refractivity contribution >= 4 is 31.5 Å². The van der Waals surface area contributed by atoms with Crippen molar-refractivity contribution < 1.29 is 23.5 Å². The Morgan fingerprint density at radius 1 is 1.23 bits per heavy atom. The van der Waals surface area contributed by atoms with Crippen LogP contribution in [0.1, 0.15) is 77.3 Å². The summed E-state index contributed by atoms with van der Waals surface area (Å²) < 4.78 is 20.2. The highest BCUT2D eigenvalue weighted by Crippen LogP contribution is 2.43. The summed E-state index contributed by atoms with van der Waals surface area (Å²) in [6, 6.07) is 5.95. The molecule has 1 aliphatic heterocycles. The van der Waals surface area contributed by atoms with Gasteiger partial charge in [0.2, 0.25) is 11.5 Å². The summed E-state index contributed by atoms with van der Waals surface area (Å²) in [4.78, 5) is 29.7. The molecule has 1 N–H and O–H groups in total. The van der Waals surface area contributed by atoms with Gasteiger partial charge in [-0.1, -0.05) is 33.1 Å². The highest BCUT2D eigenvalue weighted by molar-refractivity contribution is 6.69. The average molecular weight is 570 g/mol. The minimum absolute atomic E-state index is 0.0650. The zero-order valence-corrected chi connectivity index (χ0v) is 25.4. The molecule has 1 saturated carbocycles. The molecule has 1 aliphatic carbocycles. The highest BCUT2D eigenvalue weighted by atomic mass is 28.4. The van der Waals surface area contributed by atoms with Crippen LogP contribution in [0.4, 0.5) is 5.82 Å². The van der Waals surface area contributed by atoms with E-state index in [9.17, 15) is 14.9 Å². The van der Waals surface area contributed by atoms with Crippen molar-refractivity contribution in [3.63, 3.8) is 0 Å². The molecule has 3 heterocycles. The summed E-state index contributed by atoms with van der Waals surface area (Å²) >= 11 is 0.